The molecule has 0 bridgehead atoms. The quantitative estimate of drug-likeness (QED) is 0.673. The van der Waals surface area contributed by atoms with E-state index in [1.165, 1.54) is 0 Å². The maximum atomic E-state index is 11.6. The van der Waals surface area contributed by atoms with Crippen LogP contribution in [0.15, 0.2) is 18.2 Å². The molecular formula is C11H13Cl2NO2. The van der Waals surface area contributed by atoms with Crippen molar-refractivity contribution in [1.82, 2.24) is 0 Å². The zero-order valence-electron chi connectivity index (χ0n) is 9.04. The smallest absolute Gasteiger partial charge is 0.328 e. The number of hydrogen-bond acceptors (Lipinski definition) is 3. The molecule has 88 valence electrons. The second-order valence-electron chi connectivity index (χ2n) is 3.74. The molecule has 1 unspecified atom stereocenters. The summed E-state index contributed by atoms with van der Waals surface area (Å²) in [4.78, 5) is 11.6. The van der Waals surface area contributed by atoms with Crippen molar-refractivity contribution in [3.63, 3.8) is 0 Å². The van der Waals surface area contributed by atoms with Gasteiger partial charge in [0.2, 0.25) is 0 Å². The van der Waals surface area contributed by atoms with E-state index in [0.717, 1.165) is 0 Å². The third-order valence-corrected chi connectivity index (χ3v) is 2.71. The van der Waals surface area contributed by atoms with Gasteiger partial charge in [-0.15, -0.1) is 0 Å². The molecule has 0 aliphatic rings. The molecule has 0 amide bonds. The summed E-state index contributed by atoms with van der Waals surface area (Å²) >= 11 is 11.7. The second kappa shape index (κ2) is 5.53. The minimum Gasteiger partial charge on any atom is -0.422 e. The Bertz CT molecular complexity index is 373. The van der Waals surface area contributed by atoms with Crippen LogP contribution in [0, 0.1) is 5.92 Å². The first-order chi connectivity index (χ1) is 7.43. The van der Waals surface area contributed by atoms with Crippen LogP contribution in [-0.2, 0) is 4.79 Å². The van der Waals surface area contributed by atoms with Crippen molar-refractivity contribution in [2.75, 3.05) is 0 Å². The molecular weight excluding hydrogens is 249 g/mol. The monoisotopic (exact) mass is 261 g/mol. The Hall–Kier alpha value is -0.770. The molecule has 0 aliphatic carbocycles. The molecule has 2 N–H and O–H groups in total. The van der Waals surface area contributed by atoms with Crippen LogP contribution < -0.4 is 10.5 Å². The third kappa shape index (κ3) is 3.11. The topological polar surface area (TPSA) is 52.3 Å². The fourth-order valence-electron chi connectivity index (χ4n) is 1.02. The van der Waals surface area contributed by atoms with Gasteiger partial charge in [0.15, 0.2) is 5.75 Å². The predicted octanol–water partition coefficient (Wildman–Crippen LogP) is 2.88. The van der Waals surface area contributed by atoms with Crippen molar-refractivity contribution in [3.05, 3.63) is 28.2 Å². The summed E-state index contributed by atoms with van der Waals surface area (Å²) in [5.41, 5.74) is 5.65. The molecule has 0 spiro atoms. The molecule has 0 saturated heterocycles. The van der Waals surface area contributed by atoms with E-state index < -0.39 is 12.0 Å². The van der Waals surface area contributed by atoms with Gasteiger partial charge in [-0.05, 0) is 18.1 Å². The molecule has 16 heavy (non-hydrogen) atoms. The Morgan fingerprint density at radius 1 is 1.31 bits per heavy atom. The van der Waals surface area contributed by atoms with Gasteiger partial charge in [0.25, 0.3) is 0 Å². The van der Waals surface area contributed by atoms with E-state index in [0.29, 0.717) is 0 Å². The van der Waals surface area contributed by atoms with Gasteiger partial charge in [-0.25, -0.2) is 4.79 Å². The van der Waals surface area contributed by atoms with Gasteiger partial charge >= 0.3 is 5.97 Å². The summed E-state index contributed by atoms with van der Waals surface area (Å²) < 4.78 is 5.07. The van der Waals surface area contributed by atoms with E-state index in [1.807, 2.05) is 13.8 Å². The largest absolute Gasteiger partial charge is 0.422 e. The summed E-state index contributed by atoms with van der Waals surface area (Å²) in [5, 5.41) is 0.577. The number of benzene rings is 1. The van der Waals surface area contributed by atoms with Crippen LogP contribution in [0.1, 0.15) is 13.8 Å². The lowest BCUT2D eigenvalue weighted by atomic mass is 10.1. The van der Waals surface area contributed by atoms with Gasteiger partial charge in [0.1, 0.15) is 6.04 Å². The minimum atomic E-state index is -0.688. The lowest BCUT2D eigenvalue weighted by Gasteiger charge is -2.15. The van der Waals surface area contributed by atoms with E-state index in [4.69, 9.17) is 33.7 Å². The van der Waals surface area contributed by atoms with Crippen LogP contribution in [0.2, 0.25) is 10.0 Å². The van der Waals surface area contributed by atoms with Crippen LogP contribution in [-0.4, -0.2) is 12.0 Å². The highest BCUT2D eigenvalue weighted by molar-refractivity contribution is 6.37. The molecule has 0 radical (unpaired) electrons. The van der Waals surface area contributed by atoms with Crippen molar-refractivity contribution in [3.8, 4) is 5.75 Å². The van der Waals surface area contributed by atoms with Crippen molar-refractivity contribution in [1.29, 1.82) is 0 Å². The molecule has 1 aromatic carbocycles. The van der Waals surface area contributed by atoms with Crippen molar-refractivity contribution < 1.29 is 9.53 Å². The predicted molar refractivity (Wildman–Crippen MR) is 64.9 cm³/mol. The third-order valence-electron chi connectivity index (χ3n) is 2.11. The van der Waals surface area contributed by atoms with Crippen molar-refractivity contribution in [2.24, 2.45) is 11.7 Å². The fourth-order valence-corrected chi connectivity index (χ4v) is 1.50. The molecule has 0 fully saturated rings. The number of halogens is 2. The highest BCUT2D eigenvalue weighted by Crippen LogP contribution is 2.32. The lowest BCUT2D eigenvalue weighted by Crippen LogP contribution is -2.38. The van der Waals surface area contributed by atoms with Gasteiger partial charge in [-0.2, -0.15) is 0 Å². The first-order valence-electron chi connectivity index (χ1n) is 4.84. The number of ether oxygens (including phenoxy) is 1. The Morgan fingerprint density at radius 2 is 1.81 bits per heavy atom. The average molecular weight is 262 g/mol. The first kappa shape index (κ1) is 13.3. The molecule has 0 aromatic heterocycles. The standard InChI is InChI=1S/C11H13Cl2NO2/c1-6(2)9(14)11(15)16-10-7(12)4-3-5-8(10)13/h3-6,9H,14H2,1-2H3. The SMILES string of the molecule is CC(C)C(N)C(=O)Oc1c(Cl)cccc1Cl. The Balaban J connectivity index is 2.85. The van der Waals surface area contributed by atoms with Crippen LogP contribution in [0.5, 0.6) is 5.75 Å². The molecule has 1 aromatic rings. The second-order valence-corrected chi connectivity index (χ2v) is 4.56. The number of rotatable bonds is 3. The van der Waals surface area contributed by atoms with E-state index >= 15 is 0 Å². The van der Waals surface area contributed by atoms with E-state index in [2.05, 4.69) is 0 Å². The summed E-state index contributed by atoms with van der Waals surface area (Å²) in [5.74, 6) is -0.384. The van der Waals surface area contributed by atoms with Gasteiger partial charge in [0.05, 0.1) is 10.0 Å². The van der Waals surface area contributed by atoms with Crippen LogP contribution in [0.3, 0.4) is 0 Å². The highest BCUT2D eigenvalue weighted by Gasteiger charge is 2.21. The number of nitrogens with two attached hydrogens (primary N) is 1. The molecule has 0 saturated carbocycles. The molecule has 1 atom stereocenters. The zero-order chi connectivity index (χ0) is 12.3. The number of carbonyl (C=O) groups excluding carboxylic acids is 1. The maximum absolute atomic E-state index is 11.6. The molecule has 5 heteroatoms. The normalized spacial score (nSPS) is 12.6. The summed E-state index contributed by atoms with van der Waals surface area (Å²) in [6.07, 6.45) is 0. The van der Waals surface area contributed by atoms with Crippen molar-refractivity contribution in [2.45, 2.75) is 19.9 Å². The fraction of sp³-hybridized carbons (Fsp3) is 0.364. The highest BCUT2D eigenvalue weighted by atomic mass is 35.5. The van der Waals surface area contributed by atoms with Gasteiger partial charge in [0, 0.05) is 0 Å². The van der Waals surface area contributed by atoms with Crippen LogP contribution in [0.25, 0.3) is 0 Å². The summed E-state index contributed by atoms with van der Waals surface area (Å²) in [6.45, 7) is 3.67. The number of esters is 1. The number of carbonyl (C=O) groups is 1. The summed E-state index contributed by atoms with van der Waals surface area (Å²) in [7, 11) is 0. The molecule has 0 aliphatic heterocycles. The maximum Gasteiger partial charge on any atom is 0.328 e. The molecule has 1 rings (SSSR count). The average Bonchev–Trinajstić information content (AvgIpc) is 2.22. The lowest BCUT2D eigenvalue weighted by molar-refractivity contribution is -0.136. The molecule has 0 heterocycles. The van der Waals surface area contributed by atoms with Crippen LogP contribution in [0.4, 0.5) is 0 Å². The van der Waals surface area contributed by atoms with Crippen molar-refractivity contribution >= 4 is 29.2 Å². The van der Waals surface area contributed by atoms with Gasteiger partial charge in [-0.1, -0.05) is 43.1 Å². The number of para-hydroxylation sites is 1. The Kier molecular flexibility index (Phi) is 4.59. The van der Waals surface area contributed by atoms with E-state index in [-0.39, 0.29) is 21.7 Å². The number of hydrogen-bond donors (Lipinski definition) is 1. The molecule has 3 nitrogen and oxygen atoms in total. The Morgan fingerprint density at radius 3 is 2.25 bits per heavy atom. The van der Waals surface area contributed by atoms with E-state index in [9.17, 15) is 4.79 Å². The first-order valence-corrected chi connectivity index (χ1v) is 5.60. The minimum absolute atomic E-state index is 0.00577. The summed E-state index contributed by atoms with van der Waals surface area (Å²) in [6, 6.07) is 4.17. The van der Waals surface area contributed by atoms with Gasteiger partial charge < -0.3 is 10.5 Å². The zero-order valence-corrected chi connectivity index (χ0v) is 10.5. The van der Waals surface area contributed by atoms with Crippen LogP contribution >= 0.6 is 23.2 Å². The Labute approximate surface area is 104 Å². The van der Waals surface area contributed by atoms with E-state index in [1.54, 1.807) is 18.2 Å². The van der Waals surface area contributed by atoms with Gasteiger partial charge in [-0.3, -0.25) is 0 Å².